The molecule has 0 amide bonds. The van der Waals surface area contributed by atoms with Crippen LogP contribution >= 0.6 is 0 Å². The third-order valence-corrected chi connectivity index (χ3v) is 2.04. The van der Waals surface area contributed by atoms with Gasteiger partial charge in [0.05, 0.1) is 6.20 Å². The second-order valence-corrected chi connectivity index (χ2v) is 3.47. The average molecular weight is 212 g/mol. The lowest BCUT2D eigenvalue weighted by Gasteiger charge is -2.13. The van der Waals surface area contributed by atoms with Gasteiger partial charge in [-0.05, 0) is 20.8 Å². The minimum Gasteiger partial charge on any atom is -0.477 e. The van der Waals surface area contributed by atoms with Crippen molar-refractivity contribution in [2.75, 3.05) is 6.61 Å². The van der Waals surface area contributed by atoms with Gasteiger partial charge in [-0.25, -0.2) is 9.78 Å². The van der Waals surface area contributed by atoms with Crippen LogP contribution in [0.15, 0.2) is 6.20 Å². The Balaban J connectivity index is 3.01. The summed E-state index contributed by atoms with van der Waals surface area (Å²) in [5.41, 5.74) is 0.208. The molecule has 0 unspecified atom stereocenters. The number of aromatic carboxylic acids is 1. The Bertz CT molecular complexity index is 344. The standard InChI is InChI=1S/C10H16N2O3/c1-4-15-6-9-11-5-8(10(13)14)12(9)7(2)3/h5,7H,4,6H2,1-3H3,(H,13,14). The molecule has 1 rings (SSSR count). The molecule has 0 aromatic carbocycles. The number of carbonyl (C=O) groups is 1. The maximum atomic E-state index is 10.9. The highest BCUT2D eigenvalue weighted by Crippen LogP contribution is 2.14. The van der Waals surface area contributed by atoms with Crippen molar-refractivity contribution in [3.8, 4) is 0 Å². The lowest BCUT2D eigenvalue weighted by atomic mass is 10.3. The van der Waals surface area contributed by atoms with Crippen LogP contribution < -0.4 is 0 Å². The Morgan fingerprint density at radius 2 is 2.33 bits per heavy atom. The summed E-state index contributed by atoms with van der Waals surface area (Å²) in [6.45, 7) is 6.67. The van der Waals surface area contributed by atoms with Crippen LogP contribution in [0.2, 0.25) is 0 Å². The number of imidazole rings is 1. The van der Waals surface area contributed by atoms with Gasteiger partial charge in [0.1, 0.15) is 18.1 Å². The summed E-state index contributed by atoms with van der Waals surface area (Å²) in [4.78, 5) is 15.0. The summed E-state index contributed by atoms with van der Waals surface area (Å²) in [5.74, 6) is -0.303. The van der Waals surface area contributed by atoms with Crippen LogP contribution in [0.3, 0.4) is 0 Å². The van der Waals surface area contributed by atoms with Gasteiger partial charge in [-0.15, -0.1) is 0 Å². The predicted octanol–water partition coefficient (Wildman–Crippen LogP) is 1.70. The molecule has 1 N–H and O–H groups in total. The molecule has 0 saturated heterocycles. The van der Waals surface area contributed by atoms with E-state index in [9.17, 15) is 4.79 Å². The van der Waals surface area contributed by atoms with Crippen molar-refractivity contribution < 1.29 is 14.6 Å². The quantitative estimate of drug-likeness (QED) is 0.806. The van der Waals surface area contributed by atoms with Crippen molar-refractivity contribution in [1.29, 1.82) is 0 Å². The first kappa shape index (κ1) is 11.7. The van der Waals surface area contributed by atoms with Gasteiger partial charge >= 0.3 is 5.97 Å². The van der Waals surface area contributed by atoms with E-state index in [-0.39, 0.29) is 11.7 Å². The Kier molecular flexibility index (Phi) is 3.85. The fourth-order valence-electron chi connectivity index (χ4n) is 1.43. The number of hydrogen-bond donors (Lipinski definition) is 1. The lowest BCUT2D eigenvalue weighted by Crippen LogP contribution is -2.14. The van der Waals surface area contributed by atoms with Gasteiger partial charge in [-0.1, -0.05) is 0 Å². The van der Waals surface area contributed by atoms with Gasteiger partial charge in [0.15, 0.2) is 0 Å². The second kappa shape index (κ2) is 4.93. The molecule has 84 valence electrons. The van der Waals surface area contributed by atoms with E-state index in [4.69, 9.17) is 9.84 Å². The molecule has 0 aliphatic heterocycles. The molecule has 5 nitrogen and oxygen atoms in total. The van der Waals surface area contributed by atoms with Crippen molar-refractivity contribution >= 4 is 5.97 Å². The van der Waals surface area contributed by atoms with Crippen LogP contribution in [-0.2, 0) is 11.3 Å². The first-order valence-corrected chi connectivity index (χ1v) is 4.95. The maximum Gasteiger partial charge on any atom is 0.354 e. The minimum atomic E-state index is -0.959. The zero-order chi connectivity index (χ0) is 11.4. The van der Waals surface area contributed by atoms with Crippen LogP contribution in [0, 0.1) is 0 Å². The molecule has 0 fully saturated rings. The lowest BCUT2D eigenvalue weighted by molar-refractivity contribution is 0.0681. The SMILES string of the molecule is CCOCc1ncc(C(=O)O)n1C(C)C. The molecule has 0 atom stereocenters. The van der Waals surface area contributed by atoms with E-state index in [1.165, 1.54) is 6.20 Å². The van der Waals surface area contributed by atoms with Gasteiger partial charge in [-0.2, -0.15) is 0 Å². The van der Waals surface area contributed by atoms with Crippen molar-refractivity contribution in [2.45, 2.75) is 33.4 Å². The van der Waals surface area contributed by atoms with Crippen molar-refractivity contribution in [3.63, 3.8) is 0 Å². The van der Waals surface area contributed by atoms with E-state index in [0.29, 0.717) is 19.0 Å². The Hall–Kier alpha value is -1.36. The van der Waals surface area contributed by atoms with Crippen LogP contribution in [0.5, 0.6) is 0 Å². The third kappa shape index (κ3) is 2.56. The van der Waals surface area contributed by atoms with E-state index in [1.807, 2.05) is 20.8 Å². The Labute approximate surface area is 88.7 Å². The molecular weight excluding hydrogens is 196 g/mol. The van der Waals surface area contributed by atoms with Crippen LogP contribution in [0.4, 0.5) is 0 Å². The topological polar surface area (TPSA) is 64.3 Å². The molecule has 0 aliphatic carbocycles. The highest BCUT2D eigenvalue weighted by molar-refractivity contribution is 5.85. The first-order valence-electron chi connectivity index (χ1n) is 4.95. The highest BCUT2D eigenvalue weighted by Gasteiger charge is 2.17. The Morgan fingerprint density at radius 1 is 1.67 bits per heavy atom. The predicted molar refractivity (Wildman–Crippen MR) is 54.9 cm³/mol. The fourth-order valence-corrected chi connectivity index (χ4v) is 1.43. The third-order valence-electron chi connectivity index (χ3n) is 2.04. The molecule has 1 heterocycles. The van der Waals surface area contributed by atoms with Gasteiger partial charge < -0.3 is 14.4 Å². The fraction of sp³-hybridized carbons (Fsp3) is 0.600. The number of carboxylic acid groups (broad SMARTS) is 1. The van der Waals surface area contributed by atoms with E-state index in [2.05, 4.69) is 4.98 Å². The highest BCUT2D eigenvalue weighted by atomic mass is 16.5. The zero-order valence-corrected chi connectivity index (χ0v) is 9.23. The van der Waals surface area contributed by atoms with Crippen LogP contribution in [-0.4, -0.2) is 27.2 Å². The summed E-state index contributed by atoms with van der Waals surface area (Å²) in [5, 5.41) is 8.95. The average Bonchev–Trinajstić information content (AvgIpc) is 2.58. The zero-order valence-electron chi connectivity index (χ0n) is 9.23. The minimum absolute atomic E-state index is 0.0639. The summed E-state index contributed by atoms with van der Waals surface area (Å²) < 4.78 is 6.91. The van der Waals surface area contributed by atoms with Crippen molar-refractivity contribution in [3.05, 3.63) is 17.7 Å². The van der Waals surface area contributed by atoms with Crippen molar-refractivity contribution in [2.24, 2.45) is 0 Å². The number of nitrogens with zero attached hydrogens (tertiary/aromatic N) is 2. The smallest absolute Gasteiger partial charge is 0.354 e. The number of carboxylic acids is 1. The number of hydrogen-bond acceptors (Lipinski definition) is 3. The molecule has 15 heavy (non-hydrogen) atoms. The summed E-state index contributed by atoms with van der Waals surface area (Å²) in [7, 11) is 0. The summed E-state index contributed by atoms with van der Waals surface area (Å²) in [6.07, 6.45) is 1.37. The molecule has 5 heteroatoms. The summed E-state index contributed by atoms with van der Waals surface area (Å²) in [6, 6.07) is 0.0639. The largest absolute Gasteiger partial charge is 0.477 e. The van der Waals surface area contributed by atoms with E-state index < -0.39 is 5.97 Å². The van der Waals surface area contributed by atoms with E-state index >= 15 is 0 Å². The molecule has 1 aromatic heterocycles. The Morgan fingerprint density at radius 3 is 2.80 bits per heavy atom. The molecular formula is C10H16N2O3. The molecule has 0 bridgehead atoms. The number of aromatic nitrogens is 2. The number of rotatable bonds is 5. The molecule has 0 saturated carbocycles. The van der Waals surface area contributed by atoms with E-state index in [1.54, 1.807) is 4.57 Å². The maximum absolute atomic E-state index is 10.9. The van der Waals surface area contributed by atoms with E-state index in [0.717, 1.165) is 0 Å². The monoisotopic (exact) mass is 212 g/mol. The van der Waals surface area contributed by atoms with Gasteiger partial charge in [0.2, 0.25) is 0 Å². The van der Waals surface area contributed by atoms with Gasteiger partial charge in [0.25, 0.3) is 0 Å². The first-order chi connectivity index (χ1) is 7.07. The number of ether oxygens (including phenoxy) is 1. The van der Waals surface area contributed by atoms with Gasteiger partial charge in [0, 0.05) is 12.6 Å². The molecule has 0 aliphatic rings. The normalized spacial score (nSPS) is 10.9. The summed E-state index contributed by atoms with van der Waals surface area (Å²) >= 11 is 0. The van der Waals surface area contributed by atoms with Gasteiger partial charge in [-0.3, -0.25) is 0 Å². The molecule has 0 radical (unpaired) electrons. The van der Waals surface area contributed by atoms with Crippen LogP contribution in [0.1, 0.15) is 43.1 Å². The molecule has 0 spiro atoms. The van der Waals surface area contributed by atoms with Crippen LogP contribution in [0.25, 0.3) is 0 Å². The van der Waals surface area contributed by atoms with Crippen molar-refractivity contribution in [1.82, 2.24) is 9.55 Å². The second-order valence-electron chi connectivity index (χ2n) is 3.47. The molecule has 1 aromatic rings.